The van der Waals surface area contributed by atoms with Crippen molar-refractivity contribution < 1.29 is 9.90 Å². The highest BCUT2D eigenvalue weighted by molar-refractivity contribution is 7.12. The molecular weight excluding hydrogens is 186 g/mol. The highest BCUT2D eigenvalue weighted by Gasteiger charge is 2.27. The van der Waals surface area contributed by atoms with Gasteiger partial charge in [-0.2, -0.15) is 0 Å². The molecule has 0 spiro atoms. The first-order valence-electron chi connectivity index (χ1n) is 4.35. The fourth-order valence-corrected chi connectivity index (χ4v) is 2.48. The van der Waals surface area contributed by atoms with E-state index in [-0.39, 0.29) is 6.42 Å². The molecule has 0 bridgehead atoms. The van der Waals surface area contributed by atoms with Gasteiger partial charge in [-0.15, -0.1) is 11.3 Å². The summed E-state index contributed by atoms with van der Waals surface area (Å²) in [6, 6.07) is 0. The molecule has 1 aliphatic rings. The van der Waals surface area contributed by atoms with Crippen LogP contribution < -0.4 is 0 Å². The average Bonchev–Trinajstić information content (AvgIpc) is 2.79. The molecule has 1 aliphatic carbocycles. The molecule has 1 aromatic heterocycles. The van der Waals surface area contributed by atoms with Crippen LogP contribution in [0.3, 0.4) is 0 Å². The first kappa shape index (κ1) is 8.69. The van der Waals surface area contributed by atoms with Crippen molar-refractivity contribution in [3.63, 3.8) is 0 Å². The van der Waals surface area contributed by atoms with E-state index in [1.54, 1.807) is 11.3 Å². The molecule has 3 nitrogen and oxygen atoms in total. The molecule has 0 aliphatic heterocycles. The van der Waals surface area contributed by atoms with E-state index >= 15 is 0 Å². The van der Waals surface area contributed by atoms with Crippen LogP contribution in [0.5, 0.6) is 0 Å². The number of carboxylic acid groups (broad SMARTS) is 1. The Bertz CT molecular complexity index is 341. The second kappa shape index (κ2) is 3.10. The van der Waals surface area contributed by atoms with Crippen molar-refractivity contribution in [3.05, 3.63) is 15.6 Å². The van der Waals surface area contributed by atoms with Crippen molar-refractivity contribution in [1.82, 2.24) is 4.98 Å². The van der Waals surface area contributed by atoms with Crippen LogP contribution in [0.1, 0.15) is 34.3 Å². The molecular formula is C9H11NO2S. The number of hydrogen-bond donors (Lipinski definition) is 1. The molecule has 2 rings (SSSR count). The number of aliphatic carboxylic acids is 1. The van der Waals surface area contributed by atoms with Gasteiger partial charge in [-0.1, -0.05) is 0 Å². The zero-order valence-electron chi connectivity index (χ0n) is 7.41. The quantitative estimate of drug-likeness (QED) is 0.805. The number of aryl methyl sites for hydroxylation is 1. The molecule has 70 valence electrons. The number of thiazole rings is 1. The van der Waals surface area contributed by atoms with Crippen molar-refractivity contribution in [2.75, 3.05) is 0 Å². The average molecular weight is 197 g/mol. The molecule has 13 heavy (non-hydrogen) atoms. The Labute approximate surface area is 80.4 Å². The van der Waals surface area contributed by atoms with Crippen molar-refractivity contribution in [3.8, 4) is 0 Å². The van der Waals surface area contributed by atoms with Gasteiger partial charge >= 0.3 is 5.97 Å². The molecule has 0 amide bonds. The number of hydrogen-bond acceptors (Lipinski definition) is 3. The molecule has 1 fully saturated rings. The smallest absolute Gasteiger partial charge is 0.308 e. The van der Waals surface area contributed by atoms with Crippen LogP contribution in [-0.2, 0) is 11.2 Å². The summed E-state index contributed by atoms with van der Waals surface area (Å²) in [7, 11) is 0. The number of rotatable bonds is 3. The Balaban J connectivity index is 2.19. The van der Waals surface area contributed by atoms with Gasteiger partial charge < -0.3 is 5.11 Å². The van der Waals surface area contributed by atoms with Gasteiger partial charge in [0.2, 0.25) is 0 Å². The monoisotopic (exact) mass is 197 g/mol. The van der Waals surface area contributed by atoms with Crippen LogP contribution in [0.15, 0.2) is 0 Å². The Hall–Kier alpha value is -0.900. The van der Waals surface area contributed by atoms with Gasteiger partial charge in [0, 0.05) is 10.8 Å². The van der Waals surface area contributed by atoms with E-state index in [4.69, 9.17) is 5.11 Å². The van der Waals surface area contributed by atoms with Crippen molar-refractivity contribution in [2.24, 2.45) is 0 Å². The van der Waals surface area contributed by atoms with Gasteiger partial charge in [0.1, 0.15) is 0 Å². The minimum absolute atomic E-state index is 0.121. The van der Waals surface area contributed by atoms with Crippen LogP contribution in [0.25, 0.3) is 0 Å². The van der Waals surface area contributed by atoms with Gasteiger partial charge in [-0.25, -0.2) is 4.98 Å². The first-order valence-corrected chi connectivity index (χ1v) is 5.16. The second-order valence-corrected chi connectivity index (χ2v) is 4.52. The van der Waals surface area contributed by atoms with Gasteiger partial charge in [-0.05, 0) is 19.8 Å². The minimum atomic E-state index is -0.769. The largest absolute Gasteiger partial charge is 0.481 e. The fourth-order valence-electron chi connectivity index (χ4n) is 1.26. The van der Waals surface area contributed by atoms with Crippen LogP contribution in [-0.4, -0.2) is 16.1 Å². The highest BCUT2D eigenvalue weighted by Crippen LogP contribution is 2.42. The molecule has 0 unspecified atom stereocenters. The second-order valence-electron chi connectivity index (χ2n) is 3.41. The SMILES string of the molecule is Cc1nc(C2CC2)sc1CC(=O)O. The fraction of sp³-hybridized carbons (Fsp3) is 0.556. The van der Waals surface area contributed by atoms with Gasteiger partial charge in [0.15, 0.2) is 0 Å². The van der Waals surface area contributed by atoms with Crippen LogP contribution >= 0.6 is 11.3 Å². The van der Waals surface area contributed by atoms with Crippen LogP contribution in [0.2, 0.25) is 0 Å². The van der Waals surface area contributed by atoms with Gasteiger partial charge in [0.05, 0.1) is 17.1 Å². The van der Waals surface area contributed by atoms with E-state index in [0.29, 0.717) is 5.92 Å². The zero-order chi connectivity index (χ0) is 9.42. The lowest BCUT2D eigenvalue weighted by atomic mass is 10.3. The lowest BCUT2D eigenvalue weighted by Gasteiger charge is -1.89. The van der Waals surface area contributed by atoms with Crippen molar-refractivity contribution in [1.29, 1.82) is 0 Å². The van der Waals surface area contributed by atoms with Gasteiger partial charge in [0.25, 0.3) is 0 Å². The summed E-state index contributed by atoms with van der Waals surface area (Å²) >= 11 is 1.57. The lowest BCUT2D eigenvalue weighted by Crippen LogP contribution is -1.99. The van der Waals surface area contributed by atoms with E-state index in [1.165, 1.54) is 12.8 Å². The third-order valence-corrected chi connectivity index (χ3v) is 3.47. The number of aromatic nitrogens is 1. The van der Waals surface area contributed by atoms with Crippen molar-refractivity contribution >= 4 is 17.3 Å². The van der Waals surface area contributed by atoms with Crippen molar-refractivity contribution in [2.45, 2.75) is 32.1 Å². The lowest BCUT2D eigenvalue weighted by molar-refractivity contribution is -0.136. The molecule has 0 saturated heterocycles. The molecule has 1 heterocycles. The molecule has 4 heteroatoms. The normalized spacial score (nSPS) is 16.1. The van der Waals surface area contributed by atoms with E-state index in [1.807, 2.05) is 6.92 Å². The number of nitrogens with zero attached hydrogens (tertiary/aromatic N) is 1. The predicted octanol–water partition coefficient (Wildman–Crippen LogP) is 1.96. The molecule has 0 aromatic carbocycles. The highest BCUT2D eigenvalue weighted by atomic mass is 32.1. The summed E-state index contributed by atoms with van der Waals surface area (Å²) < 4.78 is 0. The minimum Gasteiger partial charge on any atom is -0.481 e. The zero-order valence-corrected chi connectivity index (χ0v) is 8.23. The Morgan fingerprint density at radius 2 is 2.38 bits per heavy atom. The summed E-state index contributed by atoms with van der Waals surface area (Å²) in [4.78, 5) is 15.8. The maximum absolute atomic E-state index is 10.5. The maximum atomic E-state index is 10.5. The third kappa shape index (κ3) is 1.88. The molecule has 0 atom stereocenters. The Morgan fingerprint density at radius 1 is 1.69 bits per heavy atom. The molecule has 1 aromatic rings. The van der Waals surface area contributed by atoms with E-state index in [2.05, 4.69) is 4.98 Å². The summed E-state index contributed by atoms with van der Waals surface area (Å²) in [5, 5.41) is 9.77. The Morgan fingerprint density at radius 3 is 2.92 bits per heavy atom. The van der Waals surface area contributed by atoms with Gasteiger partial charge in [-0.3, -0.25) is 4.79 Å². The predicted molar refractivity (Wildman–Crippen MR) is 50.2 cm³/mol. The Kier molecular flexibility index (Phi) is 2.07. The number of carboxylic acids is 1. The summed E-state index contributed by atoms with van der Waals surface area (Å²) in [5.41, 5.74) is 0.898. The van der Waals surface area contributed by atoms with E-state index in [0.717, 1.165) is 15.6 Å². The molecule has 0 radical (unpaired) electrons. The standard InChI is InChI=1S/C9H11NO2S/c1-5-7(4-8(11)12)13-9(10-5)6-2-3-6/h6H,2-4H2,1H3,(H,11,12). The van der Waals surface area contributed by atoms with Crippen LogP contribution in [0.4, 0.5) is 0 Å². The summed E-state index contributed by atoms with van der Waals surface area (Å²) in [5.74, 6) is -0.139. The topological polar surface area (TPSA) is 50.2 Å². The van der Waals surface area contributed by atoms with E-state index in [9.17, 15) is 4.79 Å². The summed E-state index contributed by atoms with van der Waals surface area (Å²) in [6.45, 7) is 1.89. The first-order chi connectivity index (χ1) is 6.16. The van der Waals surface area contributed by atoms with Crippen LogP contribution in [0, 0.1) is 6.92 Å². The molecule has 1 N–H and O–H groups in total. The molecule has 1 saturated carbocycles. The summed E-state index contributed by atoms with van der Waals surface area (Å²) in [6.07, 6.45) is 2.56. The third-order valence-electron chi connectivity index (χ3n) is 2.15. The maximum Gasteiger partial charge on any atom is 0.308 e. The number of carbonyl (C=O) groups is 1. The van der Waals surface area contributed by atoms with E-state index < -0.39 is 5.97 Å².